The number of ether oxygens (including phenoxy) is 2. The van der Waals surface area contributed by atoms with Crippen LogP contribution in [0.4, 0.5) is 35.1 Å². The summed E-state index contributed by atoms with van der Waals surface area (Å²) < 4.78 is 144. The second kappa shape index (κ2) is 10.3. The van der Waals surface area contributed by atoms with Gasteiger partial charge in [0.25, 0.3) is 0 Å². The Kier molecular flexibility index (Phi) is 9.64. The van der Waals surface area contributed by atoms with Crippen molar-refractivity contribution in [2.24, 2.45) is 0 Å². The Balaban J connectivity index is 5.94. The fraction of sp³-hybridized carbons (Fsp3) is 0.733. The number of hydrogen-bond acceptors (Lipinski definition) is 6. The van der Waals surface area contributed by atoms with Crippen molar-refractivity contribution < 1.29 is 67.2 Å². The second-order valence-electron chi connectivity index (χ2n) is 6.03. The first kappa shape index (κ1) is 30.0. The molecule has 1 unspecified atom stereocenters. The predicted octanol–water partition coefficient (Wildman–Crippen LogP) is 3.05. The summed E-state index contributed by atoms with van der Waals surface area (Å²) in [7, 11) is -6.59. The number of alkyl halides is 7. The van der Waals surface area contributed by atoms with Gasteiger partial charge in [-0.3, -0.25) is 9.35 Å². The van der Waals surface area contributed by atoms with Gasteiger partial charge in [0, 0.05) is 19.5 Å². The Bertz CT molecular complexity index is 811. The van der Waals surface area contributed by atoms with Crippen LogP contribution in [0.3, 0.4) is 0 Å². The molecule has 188 valence electrons. The zero-order valence-corrected chi connectivity index (χ0v) is 17.3. The van der Waals surface area contributed by atoms with Crippen LogP contribution in [0.5, 0.6) is 0 Å². The molecule has 0 aromatic carbocycles. The highest BCUT2D eigenvalue weighted by molar-refractivity contribution is 7.87. The average molecular weight is 509 g/mol. The fourth-order valence-electron chi connectivity index (χ4n) is 2.14. The van der Waals surface area contributed by atoms with Crippen LogP contribution < -0.4 is 0 Å². The van der Waals surface area contributed by atoms with Crippen molar-refractivity contribution in [2.45, 2.75) is 49.8 Å². The molecule has 1 N–H and O–H groups in total. The highest BCUT2D eigenvalue weighted by atomic mass is 32.2. The van der Waals surface area contributed by atoms with Crippen LogP contribution in [0.1, 0.15) is 26.7 Å². The largest absolute Gasteiger partial charge is 0.466 e. The topological polar surface area (TPSA) is 110 Å². The van der Waals surface area contributed by atoms with Crippen molar-refractivity contribution in [1.82, 2.24) is 4.90 Å². The lowest BCUT2D eigenvalue weighted by molar-refractivity contribution is -0.351. The Morgan fingerprint density at radius 3 is 1.84 bits per heavy atom. The van der Waals surface area contributed by atoms with Crippen LogP contribution in [-0.2, 0) is 29.2 Å². The second-order valence-corrected chi connectivity index (χ2v) is 7.50. The lowest BCUT2D eigenvalue weighted by Gasteiger charge is -2.36. The van der Waals surface area contributed by atoms with Crippen LogP contribution in [0.25, 0.3) is 0 Å². The molecule has 0 saturated carbocycles. The number of esters is 1. The molecule has 0 heterocycles. The summed E-state index contributed by atoms with van der Waals surface area (Å²) in [6.07, 6.45) is -9.49. The van der Waals surface area contributed by atoms with E-state index < -0.39 is 83.5 Å². The van der Waals surface area contributed by atoms with Gasteiger partial charge in [0.15, 0.2) is 0 Å². The molecular formula is C15H19F8NO7S. The molecule has 0 aliphatic carbocycles. The van der Waals surface area contributed by atoms with Crippen LogP contribution in [0.2, 0.25) is 0 Å². The monoisotopic (exact) mass is 509 g/mol. The highest BCUT2D eigenvalue weighted by Crippen LogP contribution is 2.42. The summed E-state index contributed by atoms with van der Waals surface area (Å²) in [4.78, 5) is 24.2. The smallest absolute Gasteiger partial charge is 0.410 e. The summed E-state index contributed by atoms with van der Waals surface area (Å²) in [5, 5.41) is -5.99. The molecule has 0 spiro atoms. The number of likely N-dealkylation sites (N-methyl/N-ethyl adjacent to an activating group) is 1. The van der Waals surface area contributed by atoms with Crippen molar-refractivity contribution in [3.8, 4) is 0 Å². The van der Waals surface area contributed by atoms with Gasteiger partial charge in [-0.15, -0.1) is 0 Å². The van der Waals surface area contributed by atoms with Crippen molar-refractivity contribution in [3.63, 3.8) is 0 Å². The maximum Gasteiger partial charge on any atom is 0.466 e. The molecule has 8 nitrogen and oxygen atoms in total. The SMILES string of the molecule is C=C(F)C(=O)OC(OCCCC(F)(F)C(F)(F)S(=O)(=O)O)(C(=O)N(CC)CC)C(F)(F)F. The molecule has 32 heavy (non-hydrogen) atoms. The minimum Gasteiger partial charge on any atom is -0.410 e. The van der Waals surface area contributed by atoms with Gasteiger partial charge in [0.1, 0.15) is 0 Å². The molecule has 0 bridgehead atoms. The molecule has 0 aliphatic rings. The van der Waals surface area contributed by atoms with Crippen LogP contribution in [0, 0.1) is 0 Å². The van der Waals surface area contributed by atoms with E-state index in [0.29, 0.717) is 4.90 Å². The Morgan fingerprint density at radius 1 is 1.03 bits per heavy atom. The van der Waals surface area contributed by atoms with E-state index in [4.69, 9.17) is 4.55 Å². The number of carbonyl (C=O) groups excluding carboxylic acids is 2. The Morgan fingerprint density at radius 2 is 1.50 bits per heavy atom. The molecule has 17 heteroatoms. The molecule has 0 radical (unpaired) electrons. The maximum absolute atomic E-state index is 13.7. The van der Waals surface area contributed by atoms with Gasteiger partial charge in [0.2, 0.25) is 5.83 Å². The first-order valence-corrected chi connectivity index (χ1v) is 9.96. The predicted molar refractivity (Wildman–Crippen MR) is 89.7 cm³/mol. The van der Waals surface area contributed by atoms with Gasteiger partial charge in [-0.25, -0.2) is 4.79 Å². The Labute approximate surface area is 176 Å². The average Bonchev–Trinajstić information content (AvgIpc) is 2.62. The first-order valence-electron chi connectivity index (χ1n) is 8.52. The first-order chi connectivity index (χ1) is 14.2. The van der Waals surface area contributed by atoms with Gasteiger partial charge < -0.3 is 14.4 Å². The molecule has 0 fully saturated rings. The van der Waals surface area contributed by atoms with Crippen molar-refractivity contribution >= 4 is 22.0 Å². The third kappa shape index (κ3) is 6.28. The lowest BCUT2D eigenvalue weighted by Crippen LogP contribution is -2.62. The normalized spacial score (nSPS) is 15.1. The zero-order chi connectivity index (χ0) is 25.8. The number of halogens is 8. The third-order valence-corrected chi connectivity index (χ3v) is 4.80. The van der Waals surface area contributed by atoms with E-state index in [0.717, 1.165) is 0 Å². The summed E-state index contributed by atoms with van der Waals surface area (Å²) >= 11 is 0. The summed E-state index contributed by atoms with van der Waals surface area (Å²) in [5.41, 5.74) is 0. The van der Waals surface area contributed by atoms with Crippen molar-refractivity contribution in [2.75, 3.05) is 19.7 Å². The van der Waals surface area contributed by atoms with Crippen LogP contribution >= 0.6 is 0 Å². The van der Waals surface area contributed by atoms with E-state index in [1.54, 1.807) is 0 Å². The number of hydrogen-bond donors (Lipinski definition) is 1. The van der Waals surface area contributed by atoms with E-state index in [1.165, 1.54) is 13.8 Å². The summed E-state index contributed by atoms with van der Waals surface area (Å²) in [5.74, 6) is -16.6. The van der Waals surface area contributed by atoms with E-state index in [2.05, 4.69) is 16.1 Å². The van der Waals surface area contributed by atoms with Crippen LogP contribution in [-0.4, -0.2) is 72.6 Å². The number of rotatable bonds is 12. The summed E-state index contributed by atoms with van der Waals surface area (Å²) in [6, 6.07) is 0. The van der Waals surface area contributed by atoms with E-state index in [-0.39, 0.29) is 0 Å². The molecular weight excluding hydrogens is 490 g/mol. The third-order valence-electron chi connectivity index (χ3n) is 3.85. The maximum atomic E-state index is 13.7. The van der Waals surface area contributed by atoms with Gasteiger partial charge in [-0.1, -0.05) is 6.58 Å². The van der Waals surface area contributed by atoms with Crippen LogP contribution in [0.15, 0.2) is 12.4 Å². The van der Waals surface area contributed by atoms with E-state index >= 15 is 0 Å². The number of nitrogens with zero attached hydrogens (tertiary/aromatic N) is 1. The molecule has 0 aliphatic heterocycles. The molecule has 0 aromatic rings. The van der Waals surface area contributed by atoms with Gasteiger partial charge in [0.05, 0.1) is 6.61 Å². The number of amides is 1. The number of carbonyl (C=O) groups is 2. The fourth-order valence-corrected chi connectivity index (χ4v) is 2.62. The van der Waals surface area contributed by atoms with Gasteiger partial charge in [-0.05, 0) is 20.3 Å². The molecule has 1 atom stereocenters. The van der Waals surface area contributed by atoms with E-state index in [9.17, 15) is 53.1 Å². The van der Waals surface area contributed by atoms with Gasteiger partial charge in [-0.2, -0.15) is 43.5 Å². The molecule has 1 amide bonds. The molecule has 0 saturated heterocycles. The standard InChI is InChI=1S/C15H19F8NO7S/c1-4-24(5-2)11(26)13(14(19,20)21,31-10(25)9(3)16)30-8-6-7-12(17,18)15(22,23)32(27,28)29/h3-8H2,1-2H3,(H,27,28,29). The van der Waals surface area contributed by atoms with Crippen molar-refractivity contribution in [1.29, 1.82) is 0 Å². The molecule has 0 rings (SSSR count). The lowest BCUT2D eigenvalue weighted by atomic mass is 10.1. The molecule has 0 aromatic heterocycles. The highest BCUT2D eigenvalue weighted by Gasteiger charge is 2.68. The minimum atomic E-state index is -6.59. The minimum absolute atomic E-state index is 0.400. The zero-order valence-electron chi connectivity index (χ0n) is 16.5. The van der Waals surface area contributed by atoms with Gasteiger partial charge >= 0.3 is 45.1 Å². The summed E-state index contributed by atoms with van der Waals surface area (Å²) in [6.45, 7) is 2.39. The Hall–Kier alpha value is -2.01. The van der Waals surface area contributed by atoms with E-state index in [1.807, 2.05) is 0 Å². The van der Waals surface area contributed by atoms with Crippen molar-refractivity contribution in [3.05, 3.63) is 12.4 Å². The quantitative estimate of drug-likeness (QED) is 0.108.